The fraction of sp³-hybridized carbons (Fsp3) is 0.389. The molecular formula is C18H21BN4O6. The number of aromatic nitrogens is 2. The van der Waals surface area contributed by atoms with E-state index in [4.69, 9.17) is 15.1 Å². The summed E-state index contributed by atoms with van der Waals surface area (Å²) in [6.45, 7) is 0.624. The third-order valence-electron chi connectivity index (χ3n) is 5.08. The van der Waals surface area contributed by atoms with Gasteiger partial charge < -0.3 is 35.1 Å². The highest BCUT2D eigenvalue weighted by atomic mass is 16.5. The molecule has 10 nitrogen and oxygen atoms in total. The molecule has 2 aromatic rings. The SMILES string of the molecule is N[C@H](Cc1c[nH]cn1)C(=O)N1CC(Oc2ccc3c(c2C(=O)O)OB(O)CC3)C1. The summed E-state index contributed by atoms with van der Waals surface area (Å²) in [6, 6.07) is 2.63. The molecule has 0 radical (unpaired) electrons. The van der Waals surface area contributed by atoms with Crippen LogP contribution in [0.5, 0.6) is 11.5 Å². The number of nitrogens with two attached hydrogens (primary N) is 1. The Morgan fingerprint density at radius 3 is 2.93 bits per heavy atom. The Kier molecular flexibility index (Phi) is 5.16. The Morgan fingerprint density at radius 2 is 2.24 bits per heavy atom. The molecule has 0 aliphatic carbocycles. The molecule has 11 heteroatoms. The van der Waals surface area contributed by atoms with Crippen LogP contribution in [0.4, 0.5) is 0 Å². The molecule has 3 heterocycles. The largest absolute Gasteiger partial charge is 0.535 e. The Balaban J connectivity index is 1.39. The highest BCUT2D eigenvalue weighted by Gasteiger charge is 2.37. The van der Waals surface area contributed by atoms with E-state index in [-0.39, 0.29) is 29.1 Å². The van der Waals surface area contributed by atoms with Gasteiger partial charge >= 0.3 is 13.1 Å². The number of aryl methyl sites for hydroxylation is 1. The van der Waals surface area contributed by atoms with Gasteiger partial charge in [0.2, 0.25) is 5.91 Å². The number of amides is 1. The predicted octanol–water partition coefficient (Wildman–Crippen LogP) is -0.317. The van der Waals surface area contributed by atoms with Crippen LogP contribution in [-0.2, 0) is 17.6 Å². The Labute approximate surface area is 166 Å². The zero-order chi connectivity index (χ0) is 20.5. The van der Waals surface area contributed by atoms with Crippen molar-refractivity contribution in [2.24, 2.45) is 5.73 Å². The normalized spacial score (nSPS) is 17.2. The second kappa shape index (κ2) is 7.76. The number of nitrogens with zero attached hydrogens (tertiary/aromatic N) is 2. The van der Waals surface area contributed by atoms with Crippen LogP contribution in [0.25, 0.3) is 0 Å². The Hall–Kier alpha value is -3.05. The molecule has 0 spiro atoms. The van der Waals surface area contributed by atoms with E-state index >= 15 is 0 Å². The molecule has 1 atom stereocenters. The van der Waals surface area contributed by atoms with Crippen LogP contribution < -0.4 is 15.1 Å². The number of ether oxygens (including phenoxy) is 1. The van der Waals surface area contributed by atoms with E-state index < -0.39 is 19.1 Å². The van der Waals surface area contributed by atoms with Gasteiger partial charge in [-0.3, -0.25) is 4.79 Å². The summed E-state index contributed by atoms with van der Waals surface area (Å²) < 4.78 is 11.2. The van der Waals surface area contributed by atoms with Crippen LogP contribution in [-0.4, -0.2) is 69.2 Å². The summed E-state index contributed by atoms with van der Waals surface area (Å²) in [6.07, 6.45) is 4.14. The van der Waals surface area contributed by atoms with Crippen molar-refractivity contribution < 1.29 is 29.1 Å². The molecule has 1 saturated heterocycles. The summed E-state index contributed by atoms with van der Waals surface area (Å²) in [5, 5.41) is 19.3. The van der Waals surface area contributed by atoms with Crippen LogP contribution in [0, 0.1) is 0 Å². The molecule has 2 aliphatic heterocycles. The van der Waals surface area contributed by atoms with E-state index in [1.165, 1.54) is 6.33 Å². The van der Waals surface area contributed by atoms with Gasteiger partial charge in [-0.2, -0.15) is 0 Å². The number of H-pyrrole nitrogens is 1. The highest BCUT2D eigenvalue weighted by molar-refractivity contribution is 6.44. The maximum Gasteiger partial charge on any atom is 0.522 e. The zero-order valence-corrected chi connectivity index (χ0v) is 15.6. The first-order chi connectivity index (χ1) is 13.9. The number of nitrogens with one attached hydrogen (secondary N) is 1. The Morgan fingerprint density at radius 1 is 1.45 bits per heavy atom. The summed E-state index contributed by atoms with van der Waals surface area (Å²) in [7, 11) is -1.04. The van der Waals surface area contributed by atoms with Crippen LogP contribution in [0.1, 0.15) is 21.6 Å². The monoisotopic (exact) mass is 400 g/mol. The second-order valence-electron chi connectivity index (χ2n) is 7.20. The fourth-order valence-electron chi connectivity index (χ4n) is 3.54. The molecule has 0 unspecified atom stereocenters. The number of fused-ring (bicyclic) bond motifs is 1. The number of carboxylic acid groups (broad SMARTS) is 1. The van der Waals surface area contributed by atoms with Crippen molar-refractivity contribution in [3.8, 4) is 11.5 Å². The van der Waals surface area contributed by atoms with E-state index in [2.05, 4.69) is 9.97 Å². The molecule has 0 saturated carbocycles. The predicted molar refractivity (Wildman–Crippen MR) is 102 cm³/mol. The molecule has 1 fully saturated rings. The number of aromatic amines is 1. The minimum Gasteiger partial charge on any atom is -0.535 e. The number of carbonyl (C=O) groups is 2. The van der Waals surface area contributed by atoms with E-state index in [1.807, 2.05) is 0 Å². The van der Waals surface area contributed by atoms with Gasteiger partial charge in [-0.25, -0.2) is 9.78 Å². The van der Waals surface area contributed by atoms with Gasteiger partial charge in [-0.15, -0.1) is 0 Å². The van der Waals surface area contributed by atoms with Crippen LogP contribution in [0.3, 0.4) is 0 Å². The van der Waals surface area contributed by atoms with Gasteiger partial charge in [-0.1, -0.05) is 6.07 Å². The topological polar surface area (TPSA) is 151 Å². The molecule has 152 valence electrons. The summed E-state index contributed by atoms with van der Waals surface area (Å²) in [4.78, 5) is 32.6. The van der Waals surface area contributed by atoms with Gasteiger partial charge in [0.15, 0.2) is 0 Å². The van der Waals surface area contributed by atoms with Crippen molar-refractivity contribution in [2.75, 3.05) is 13.1 Å². The highest BCUT2D eigenvalue weighted by Crippen LogP contribution is 2.37. The summed E-state index contributed by atoms with van der Waals surface area (Å²) in [5.74, 6) is -1.10. The summed E-state index contributed by atoms with van der Waals surface area (Å²) >= 11 is 0. The quantitative estimate of drug-likeness (QED) is 0.482. The van der Waals surface area contributed by atoms with Crippen molar-refractivity contribution in [1.29, 1.82) is 0 Å². The number of rotatable bonds is 6. The van der Waals surface area contributed by atoms with E-state index in [0.717, 1.165) is 5.56 Å². The van der Waals surface area contributed by atoms with Gasteiger partial charge in [-0.05, 0) is 24.4 Å². The number of hydrogen-bond donors (Lipinski definition) is 4. The lowest BCUT2D eigenvalue weighted by atomic mass is 9.78. The third-order valence-corrected chi connectivity index (χ3v) is 5.08. The summed E-state index contributed by atoms with van der Waals surface area (Å²) in [5.41, 5.74) is 7.28. The van der Waals surface area contributed by atoms with E-state index in [9.17, 15) is 19.7 Å². The number of carbonyl (C=O) groups excluding carboxylic acids is 1. The third kappa shape index (κ3) is 3.91. The molecular weight excluding hydrogens is 379 g/mol. The number of hydrogen-bond acceptors (Lipinski definition) is 7. The van der Waals surface area contributed by atoms with Gasteiger partial charge in [0, 0.05) is 12.6 Å². The second-order valence-corrected chi connectivity index (χ2v) is 7.20. The molecule has 4 rings (SSSR count). The van der Waals surface area contributed by atoms with Crippen molar-refractivity contribution in [2.45, 2.75) is 31.3 Å². The molecule has 29 heavy (non-hydrogen) atoms. The number of carboxylic acids is 1. The van der Waals surface area contributed by atoms with Crippen LogP contribution >= 0.6 is 0 Å². The number of likely N-dealkylation sites (tertiary alicyclic amines) is 1. The van der Waals surface area contributed by atoms with Crippen molar-refractivity contribution in [3.63, 3.8) is 0 Å². The lowest BCUT2D eigenvalue weighted by Crippen LogP contribution is -2.60. The smallest absolute Gasteiger partial charge is 0.522 e. The lowest BCUT2D eigenvalue weighted by molar-refractivity contribution is -0.141. The lowest BCUT2D eigenvalue weighted by Gasteiger charge is -2.40. The van der Waals surface area contributed by atoms with Crippen LogP contribution in [0.2, 0.25) is 6.32 Å². The average Bonchev–Trinajstić information content (AvgIpc) is 3.15. The maximum absolute atomic E-state index is 12.4. The average molecular weight is 400 g/mol. The first-order valence-corrected chi connectivity index (χ1v) is 9.35. The molecule has 0 bridgehead atoms. The molecule has 1 amide bonds. The van der Waals surface area contributed by atoms with Crippen LogP contribution in [0.15, 0.2) is 24.7 Å². The molecule has 1 aromatic heterocycles. The van der Waals surface area contributed by atoms with E-state index in [0.29, 0.717) is 37.9 Å². The Bertz CT molecular complexity index is 915. The number of imidazole rings is 1. The number of benzene rings is 1. The molecule has 1 aromatic carbocycles. The van der Waals surface area contributed by atoms with Crippen molar-refractivity contribution >= 4 is 19.0 Å². The maximum atomic E-state index is 12.4. The minimum atomic E-state index is -1.20. The van der Waals surface area contributed by atoms with Gasteiger partial charge in [0.25, 0.3) is 0 Å². The fourth-order valence-corrected chi connectivity index (χ4v) is 3.54. The first kappa shape index (κ1) is 19.3. The number of aromatic carboxylic acids is 1. The van der Waals surface area contributed by atoms with Crippen molar-refractivity contribution in [3.05, 3.63) is 41.5 Å². The van der Waals surface area contributed by atoms with E-state index in [1.54, 1.807) is 23.2 Å². The minimum absolute atomic E-state index is 0.110. The zero-order valence-electron chi connectivity index (χ0n) is 15.6. The van der Waals surface area contributed by atoms with Gasteiger partial charge in [0.1, 0.15) is 23.2 Å². The van der Waals surface area contributed by atoms with Gasteiger partial charge in [0.05, 0.1) is 31.2 Å². The molecule has 2 aliphatic rings. The standard InChI is InChI=1S/C18H21BN4O6/c20-13(5-11-6-21-9-22-11)17(24)23-7-12(8-23)28-14-2-1-10-3-4-19(27)29-16(10)15(14)18(25)26/h1-2,6,9,12-13,27H,3-5,7-8,20H2,(H,21,22)(H,25,26)/t13-/m1/s1. The first-order valence-electron chi connectivity index (χ1n) is 9.35. The molecule has 5 N–H and O–H groups in total. The van der Waals surface area contributed by atoms with Crippen molar-refractivity contribution in [1.82, 2.24) is 14.9 Å².